The summed E-state index contributed by atoms with van der Waals surface area (Å²) in [5, 5.41) is 14.3. The van der Waals surface area contributed by atoms with Crippen LogP contribution in [-0.2, 0) is 17.9 Å². The van der Waals surface area contributed by atoms with Gasteiger partial charge in [-0.3, -0.25) is 9.78 Å². The Kier molecular flexibility index (Phi) is 6.19. The summed E-state index contributed by atoms with van der Waals surface area (Å²) in [7, 11) is 0. The Bertz CT molecular complexity index is 802. The van der Waals surface area contributed by atoms with E-state index in [1.165, 1.54) is 11.8 Å². The van der Waals surface area contributed by atoms with E-state index in [1.54, 1.807) is 23.7 Å². The van der Waals surface area contributed by atoms with Gasteiger partial charge in [0.15, 0.2) is 11.0 Å². The maximum atomic E-state index is 12.1. The third-order valence-corrected chi connectivity index (χ3v) is 5.32. The van der Waals surface area contributed by atoms with Crippen LogP contribution in [0.5, 0.6) is 0 Å². The van der Waals surface area contributed by atoms with Gasteiger partial charge in [0.05, 0.1) is 12.3 Å². The number of nitrogens with one attached hydrogen (secondary N) is 1. The van der Waals surface area contributed by atoms with Gasteiger partial charge in [0.2, 0.25) is 5.91 Å². The van der Waals surface area contributed by atoms with E-state index < -0.39 is 0 Å². The van der Waals surface area contributed by atoms with E-state index in [0.717, 1.165) is 34.4 Å². The molecule has 0 radical (unpaired) electrons. The van der Waals surface area contributed by atoms with Gasteiger partial charge in [0.25, 0.3) is 0 Å². The van der Waals surface area contributed by atoms with Crippen LogP contribution in [0.4, 0.5) is 0 Å². The number of pyridine rings is 1. The number of carbonyl (C=O) groups excluding carboxylic acids is 1. The zero-order valence-electron chi connectivity index (χ0n) is 13.9. The van der Waals surface area contributed by atoms with Gasteiger partial charge in [-0.2, -0.15) is 0 Å². The van der Waals surface area contributed by atoms with Crippen LogP contribution in [0.25, 0.3) is 11.4 Å². The molecule has 0 saturated heterocycles. The molecule has 0 aromatic carbocycles. The van der Waals surface area contributed by atoms with Crippen molar-refractivity contribution < 1.29 is 4.79 Å². The van der Waals surface area contributed by atoms with E-state index in [4.69, 9.17) is 0 Å². The molecule has 1 amide bonds. The Morgan fingerprint density at radius 1 is 1.28 bits per heavy atom. The number of hydrogen-bond donors (Lipinski definition) is 1. The monoisotopic (exact) mass is 373 g/mol. The van der Waals surface area contributed by atoms with Gasteiger partial charge in [-0.15, -0.1) is 21.5 Å². The molecule has 0 aliphatic heterocycles. The van der Waals surface area contributed by atoms with Crippen LogP contribution in [0.3, 0.4) is 0 Å². The van der Waals surface area contributed by atoms with E-state index in [9.17, 15) is 4.79 Å². The predicted octanol–water partition coefficient (Wildman–Crippen LogP) is 3.22. The van der Waals surface area contributed by atoms with Crippen molar-refractivity contribution >= 4 is 29.0 Å². The van der Waals surface area contributed by atoms with E-state index >= 15 is 0 Å². The molecule has 1 N–H and O–H groups in total. The van der Waals surface area contributed by atoms with Crippen molar-refractivity contribution in [2.45, 2.75) is 31.6 Å². The molecule has 0 spiro atoms. The molecule has 130 valence electrons. The molecule has 3 aromatic rings. The fraction of sp³-hybridized carbons (Fsp3) is 0.294. The Labute approximate surface area is 154 Å². The molecule has 0 saturated carbocycles. The number of hydrogen-bond acceptors (Lipinski definition) is 6. The molecule has 0 atom stereocenters. The van der Waals surface area contributed by atoms with E-state index in [0.29, 0.717) is 12.3 Å². The van der Waals surface area contributed by atoms with Crippen LogP contribution >= 0.6 is 23.1 Å². The van der Waals surface area contributed by atoms with Gasteiger partial charge in [0.1, 0.15) is 0 Å². The zero-order chi connectivity index (χ0) is 17.5. The average molecular weight is 374 g/mol. The number of thioether (sulfide) groups is 1. The molecule has 25 heavy (non-hydrogen) atoms. The molecule has 6 nitrogen and oxygen atoms in total. The number of amides is 1. The lowest BCUT2D eigenvalue weighted by Gasteiger charge is -2.09. The topological polar surface area (TPSA) is 72.7 Å². The van der Waals surface area contributed by atoms with Crippen LogP contribution in [0.15, 0.2) is 47.2 Å². The van der Waals surface area contributed by atoms with Crippen molar-refractivity contribution in [3.8, 4) is 11.4 Å². The van der Waals surface area contributed by atoms with E-state index in [2.05, 4.69) is 32.0 Å². The number of rotatable bonds is 8. The fourth-order valence-corrected chi connectivity index (χ4v) is 3.75. The second kappa shape index (κ2) is 8.77. The molecule has 8 heteroatoms. The summed E-state index contributed by atoms with van der Waals surface area (Å²) in [5.74, 6) is 1.13. The quantitative estimate of drug-likeness (QED) is 0.614. The first-order valence-electron chi connectivity index (χ1n) is 8.03. The summed E-state index contributed by atoms with van der Waals surface area (Å²) in [6.07, 6.45) is 4.45. The first kappa shape index (κ1) is 17.6. The molecular formula is C17H19N5OS2. The molecular weight excluding hydrogens is 354 g/mol. The van der Waals surface area contributed by atoms with Gasteiger partial charge in [-0.1, -0.05) is 24.8 Å². The normalized spacial score (nSPS) is 10.8. The highest BCUT2D eigenvalue weighted by Gasteiger charge is 2.15. The number of nitrogens with zero attached hydrogens (tertiary/aromatic N) is 4. The minimum absolute atomic E-state index is 0.00471. The highest BCUT2D eigenvalue weighted by molar-refractivity contribution is 7.99. The van der Waals surface area contributed by atoms with Crippen LogP contribution in [-0.4, -0.2) is 31.4 Å². The van der Waals surface area contributed by atoms with E-state index in [1.807, 2.05) is 29.6 Å². The third kappa shape index (κ3) is 4.67. The number of carbonyl (C=O) groups is 1. The average Bonchev–Trinajstić information content (AvgIpc) is 3.29. The van der Waals surface area contributed by atoms with Crippen molar-refractivity contribution in [2.24, 2.45) is 0 Å². The smallest absolute Gasteiger partial charge is 0.230 e. The Hall–Kier alpha value is -2.19. The Morgan fingerprint density at radius 2 is 2.12 bits per heavy atom. The van der Waals surface area contributed by atoms with Crippen molar-refractivity contribution in [3.63, 3.8) is 0 Å². The summed E-state index contributed by atoms with van der Waals surface area (Å²) < 4.78 is 2.06. The molecule has 0 bridgehead atoms. The fourth-order valence-electron chi connectivity index (χ4n) is 2.32. The molecule has 0 fully saturated rings. The summed E-state index contributed by atoms with van der Waals surface area (Å²) in [4.78, 5) is 17.2. The molecule has 3 rings (SSSR count). The minimum atomic E-state index is -0.00471. The Balaban J connectivity index is 1.64. The lowest BCUT2D eigenvalue weighted by atomic mass is 10.2. The molecule has 0 aliphatic rings. The summed E-state index contributed by atoms with van der Waals surface area (Å²) in [5.41, 5.74) is 0.977. The molecule has 3 heterocycles. The van der Waals surface area contributed by atoms with Gasteiger partial charge in [0, 0.05) is 29.4 Å². The van der Waals surface area contributed by atoms with Gasteiger partial charge in [-0.05, 0) is 30.0 Å². The highest BCUT2D eigenvalue weighted by Crippen LogP contribution is 2.23. The maximum Gasteiger partial charge on any atom is 0.230 e. The number of aromatic nitrogens is 4. The molecule has 0 unspecified atom stereocenters. The number of thiophene rings is 1. The van der Waals surface area contributed by atoms with Crippen LogP contribution in [0.1, 0.15) is 18.2 Å². The first-order valence-corrected chi connectivity index (χ1v) is 9.90. The highest BCUT2D eigenvalue weighted by atomic mass is 32.2. The van der Waals surface area contributed by atoms with Crippen molar-refractivity contribution in [3.05, 3.63) is 46.9 Å². The zero-order valence-corrected chi connectivity index (χ0v) is 15.5. The van der Waals surface area contributed by atoms with Crippen molar-refractivity contribution in [1.82, 2.24) is 25.1 Å². The first-order chi connectivity index (χ1) is 12.3. The van der Waals surface area contributed by atoms with Crippen molar-refractivity contribution in [2.75, 3.05) is 5.75 Å². The van der Waals surface area contributed by atoms with Crippen LogP contribution < -0.4 is 5.32 Å². The third-order valence-electron chi connectivity index (χ3n) is 3.47. The van der Waals surface area contributed by atoms with Crippen molar-refractivity contribution in [1.29, 1.82) is 0 Å². The lowest BCUT2D eigenvalue weighted by molar-refractivity contribution is -0.118. The van der Waals surface area contributed by atoms with Crippen LogP contribution in [0.2, 0.25) is 0 Å². The second-order valence-electron chi connectivity index (χ2n) is 5.34. The summed E-state index contributed by atoms with van der Waals surface area (Å²) >= 11 is 3.05. The van der Waals surface area contributed by atoms with Gasteiger partial charge in [-0.25, -0.2) is 0 Å². The Morgan fingerprint density at radius 3 is 2.84 bits per heavy atom. The second-order valence-corrected chi connectivity index (χ2v) is 7.31. The lowest BCUT2D eigenvalue weighted by Crippen LogP contribution is -2.24. The SMILES string of the molecule is CCCn1c(SCC(=O)NCc2cccs2)nnc1-c1ccncc1. The van der Waals surface area contributed by atoms with Gasteiger partial charge < -0.3 is 9.88 Å². The van der Waals surface area contributed by atoms with Gasteiger partial charge >= 0.3 is 0 Å². The van der Waals surface area contributed by atoms with Crippen LogP contribution in [0, 0.1) is 0 Å². The predicted molar refractivity (Wildman–Crippen MR) is 100 cm³/mol. The largest absolute Gasteiger partial charge is 0.350 e. The standard InChI is InChI=1S/C17H19N5OS2/c1-2-9-22-16(13-5-7-18-8-6-13)20-21-17(22)25-12-15(23)19-11-14-4-3-10-24-14/h3-8,10H,2,9,11-12H2,1H3,(H,19,23). The summed E-state index contributed by atoms with van der Waals surface area (Å²) in [6.45, 7) is 3.49. The summed E-state index contributed by atoms with van der Waals surface area (Å²) in [6, 6.07) is 7.82. The molecule has 0 aliphatic carbocycles. The van der Waals surface area contributed by atoms with E-state index in [-0.39, 0.29) is 5.91 Å². The maximum absolute atomic E-state index is 12.1. The molecule has 3 aromatic heterocycles. The minimum Gasteiger partial charge on any atom is -0.350 e.